The first-order valence-corrected chi connectivity index (χ1v) is 12.3. The van der Waals surface area contributed by atoms with Crippen molar-refractivity contribution in [3.63, 3.8) is 0 Å². The SMILES string of the molecule is O=C(c1ccc(F)c(F)c1Nc1ccc(I)cc1F)N1CC(O)(CNCC2CCCCC2)C1. The fourth-order valence-electron chi connectivity index (χ4n) is 4.57. The van der Waals surface area contributed by atoms with E-state index < -0.39 is 34.6 Å². The largest absolute Gasteiger partial charge is 0.385 e. The van der Waals surface area contributed by atoms with Crippen molar-refractivity contribution in [2.45, 2.75) is 37.7 Å². The Hall–Kier alpha value is -1.85. The summed E-state index contributed by atoms with van der Waals surface area (Å²) < 4.78 is 43.4. The second-order valence-electron chi connectivity index (χ2n) is 9.05. The van der Waals surface area contributed by atoms with Gasteiger partial charge in [-0.2, -0.15) is 0 Å². The number of halogens is 4. The van der Waals surface area contributed by atoms with Crippen LogP contribution in [0, 0.1) is 26.9 Å². The lowest BCUT2D eigenvalue weighted by atomic mass is 9.88. The summed E-state index contributed by atoms with van der Waals surface area (Å²) in [6, 6.07) is 6.30. The van der Waals surface area contributed by atoms with Crippen molar-refractivity contribution < 1.29 is 23.1 Å². The lowest BCUT2D eigenvalue weighted by Gasteiger charge is -2.47. The van der Waals surface area contributed by atoms with Crippen molar-refractivity contribution in [1.82, 2.24) is 10.2 Å². The number of β-amino-alcohol motifs (C(OH)–C–C–N with tert-alkyl or cyclic N) is 1. The van der Waals surface area contributed by atoms with Gasteiger partial charge in [0.1, 0.15) is 11.4 Å². The molecule has 0 spiro atoms. The van der Waals surface area contributed by atoms with Crippen LogP contribution >= 0.6 is 22.6 Å². The van der Waals surface area contributed by atoms with Crippen molar-refractivity contribution in [2.75, 3.05) is 31.5 Å². The zero-order valence-electron chi connectivity index (χ0n) is 18.1. The number of nitrogens with zero attached hydrogens (tertiary/aromatic N) is 1. The Kier molecular flexibility index (Phi) is 7.49. The van der Waals surface area contributed by atoms with Gasteiger partial charge in [-0.3, -0.25) is 4.79 Å². The Morgan fingerprint density at radius 3 is 2.52 bits per heavy atom. The molecular weight excluding hydrogens is 546 g/mol. The summed E-state index contributed by atoms with van der Waals surface area (Å²) in [7, 11) is 0. The molecule has 2 aromatic rings. The average molecular weight is 573 g/mol. The third kappa shape index (κ3) is 5.63. The molecule has 1 amide bonds. The van der Waals surface area contributed by atoms with Crippen molar-refractivity contribution in [1.29, 1.82) is 0 Å². The third-order valence-corrected chi connectivity index (χ3v) is 7.06. The van der Waals surface area contributed by atoms with Crippen LogP contribution in [-0.4, -0.2) is 47.7 Å². The minimum atomic E-state index is -1.26. The highest BCUT2D eigenvalue weighted by atomic mass is 127. The zero-order chi connectivity index (χ0) is 23.6. The summed E-state index contributed by atoms with van der Waals surface area (Å²) in [6.45, 7) is 1.37. The standard InChI is InChI=1S/C24H27F3IN3O2/c25-18-8-7-17(22(21(18)27)30-20-9-6-16(28)10-19(20)26)23(32)31-13-24(33,14-31)12-29-11-15-4-2-1-3-5-15/h6-10,15,29-30,33H,1-5,11-14H2. The van der Waals surface area contributed by atoms with E-state index >= 15 is 0 Å². The smallest absolute Gasteiger partial charge is 0.256 e. The van der Waals surface area contributed by atoms with Crippen LogP contribution < -0.4 is 10.6 Å². The third-order valence-electron chi connectivity index (χ3n) is 6.39. The summed E-state index contributed by atoms with van der Waals surface area (Å²) in [6.07, 6.45) is 6.17. The zero-order valence-corrected chi connectivity index (χ0v) is 20.3. The van der Waals surface area contributed by atoms with Crippen LogP contribution in [0.3, 0.4) is 0 Å². The van der Waals surface area contributed by atoms with E-state index in [0.717, 1.165) is 12.6 Å². The number of anilines is 2. The van der Waals surface area contributed by atoms with Gasteiger partial charge in [0.25, 0.3) is 5.91 Å². The van der Waals surface area contributed by atoms with Crippen LogP contribution in [0.2, 0.25) is 0 Å². The lowest BCUT2D eigenvalue weighted by Crippen LogP contribution is -2.67. The number of likely N-dealkylation sites (tertiary alicyclic amines) is 1. The van der Waals surface area contributed by atoms with E-state index in [0.29, 0.717) is 16.0 Å². The monoisotopic (exact) mass is 573 g/mol. The number of hydrogen-bond acceptors (Lipinski definition) is 4. The Labute approximate surface area is 204 Å². The molecule has 33 heavy (non-hydrogen) atoms. The molecule has 2 fully saturated rings. The molecule has 4 rings (SSSR count). The molecule has 2 aromatic carbocycles. The van der Waals surface area contributed by atoms with Gasteiger partial charge in [0, 0.05) is 10.1 Å². The summed E-state index contributed by atoms with van der Waals surface area (Å²) >= 11 is 1.94. The van der Waals surface area contributed by atoms with Gasteiger partial charge in [0.2, 0.25) is 0 Å². The summed E-state index contributed by atoms with van der Waals surface area (Å²) in [5.41, 5.74) is -1.67. The normalized spacial score (nSPS) is 18.2. The molecule has 0 aromatic heterocycles. The Balaban J connectivity index is 1.41. The second kappa shape index (κ2) is 10.2. The van der Waals surface area contributed by atoms with Gasteiger partial charge in [-0.25, -0.2) is 13.2 Å². The van der Waals surface area contributed by atoms with E-state index in [2.05, 4.69) is 10.6 Å². The molecule has 0 bridgehead atoms. The van der Waals surface area contributed by atoms with Crippen molar-refractivity contribution in [3.05, 3.63) is 56.9 Å². The van der Waals surface area contributed by atoms with Gasteiger partial charge in [-0.05, 0) is 78.2 Å². The van der Waals surface area contributed by atoms with Crippen LogP contribution in [0.4, 0.5) is 24.5 Å². The van der Waals surface area contributed by atoms with Crippen LogP contribution in [0.25, 0.3) is 0 Å². The molecule has 1 heterocycles. The van der Waals surface area contributed by atoms with Crippen LogP contribution in [0.5, 0.6) is 0 Å². The molecule has 1 aliphatic heterocycles. The number of amides is 1. The molecule has 1 saturated carbocycles. The molecule has 1 aliphatic carbocycles. The van der Waals surface area contributed by atoms with Gasteiger partial charge in [0.05, 0.1) is 30.0 Å². The Bertz CT molecular complexity index is 1020. The lowest BCUT2D eigenvalue weighted by molar-refractivity contribution is -0.0789. The van der Waals surface area contributed by atoms with Crippen LogP contribution in [0.1, 0.15) is 42.5 Å². The van der Waals surface area contributed by atoms with E-state index in [1.165, 1.54) is 55.2 Å². The van der Waals surface area contributed by atoms with E-state index in [1.807, 2.05) is 22.6 Å². The molecule has 2 aliphatic rings. The summed E-state index contributed by atoms with van der Waals surface area (Å²) in [5.74, 6) is -2.99. The molecular formula is C24H27F3IN3O2. The van der Waals surface area contributed by atoms with Crippen molar-refractivity contribution >= 4 is 39.9 Å². The van der Waals surface area contributed by atoms with Crippen molar-refractivity contribution in [2.24, 2.45) is 5.92 Å². The maximum absolute atomic E-state index is 14.6. The van der Waals surface area contributed by atoms with Gasteiger partial charge in [-0.15, -0.1) is 0 Å². The predicted octanol–water partition coefficient (Wildman–Crippen LogP) is 4.81. The fourth-order valence-corrected chi connectivity index (χ4v) is 5.02. The maximum atomic E-state index is 14.6. The number of aliphatic hydroxyl groups is 1. The average Bonchev–Trinajstić information content (AvgIpc) is 2.77. The Morgan fingerprint density at radius 2 is 1.82 bits per heavy atom. The maximum Gasteiger partial charge on any atom is 0.256 e. The highest BCUT2D eigenvalue weighted by Gasteiger charge is 2.44. The number of rotatable bonds is 7. The molecule has 0 unspecified atom stereocenters. The number of carbonyl (C=O) groups excluding carboxylic acids is 1. The summed E-state index contributed by atoms with van der Waals surface area (Å²) in [4.78, 5) is 14.4. The second-order valence-corrected chi connectivity index (χ2v) is 10.3. The van der Waals surface area contributed by atoms with Gasteiger partial charge in [-0.1, -0.05) is 19.3 Å². The number of nitrogens with one attached hydrogen (secondary N) is 2. The first kappa shape index (κ1) is 24.3. The number of benzene rings is 2. The molecule has 5 nitrogen and oxygen atoms in total. The minimum absolute atomic E-state index is 0.0685. The molecule has 178 valence electrons. The van der Waals surface area contributed by atoms with E-state index in [-0.39, 0.29) is 24.3 Å². The van der Waals surface area contributed by atoms with Crippen LogP contribution in [0.15, 0.2) is 30.3 Å². The quantitative estimate of drug-likeness (QED) is 0.417. The van der Waals surface area contributed by atoms with Gasteiger partial charge < -0.3 is 20.6 Å². The minimum Gasteiger partial charge on any atom is -0.385 e. The first-order chi connectivity index (χ1) is 15.8. The molecule has 0 radical (unpaired) electrons. The fraction of sp³-hybridized carbons (Fsp3) is 0.458. The number of carbonyl (C=O) groups is 1. The predicted molar refractivity (Wildman–Crippen MR) is 129 cm³/mol. The van der Waals surface area contributed by atoms with Crippen molar-refractivity contribution in [3.8, 4) is 0 Å². The van der Waals surface area contributed by atoms with E-state index in [1.54, 1.807) is 6.07 Å². The molecule has 9 heteroatoms. The van der Waals surface area contributed by atoms with Gasteiger partial charge >= 0.3 is 0 Å². The topological polar surface area (TPSA) is 64.6 Å². The Morgan fingerprint density at radius 1 is 1.09 bits per heavy atom. The molecule has 3 N–H and O–H groups in total. The number of hydrogen-bond donors (Lipinski definition) is 3. The highest BCUT2D eigenvalue weighted by Crippen LogP contribution is 2.32. The van der Waals surface area contributed by atoms with Crippen LogP contribution in [-0.2, 0) is 0 Å². The van der Waals surface area contributed by atoms with Gasteiger partial charge in [0.15, 0.2) is 11.6 Å². The first-order valence-electron chi connectivity index (χ1n) is 11.2. The highest BCUT2D eigenvalue weighted by molar-refractivity contribution is 14.1. The summed E-state index contributed by atoms with van der Waals surface area (Å²) in [5, 5.41) is 16.6. The molecule has 1 saturated heterocycles. The van der Waals surface area contributed by atoms with E-state index in [4.69, 9.17) is 0 Å². The van der Waals surface area contributed by atoms with E-state index in [9.17, 15) is 23.1 Å². The molecule has 0 atom stereocenters.